The predicted octanol–water partition coefficient (Wildman–Crippen LogP) is 3.95. The van der Waals surface area contributed by atoms with E-state index in [0.717, 1.165) is 17.2 Å². The van der Waals surface area contributed by atoms with Crippen LogP contribution in [0.3, 0.4) is 0 Å². The minimum atomic E-state index is -0.704. The normalized spacial score (nSPS) is 11.8. The molecule has 0 aliphatic carbocycles. The Kier molecular flexibility index (Phi) is 6.91. The molecule has 0 amide bonds. The topological polar surface area (TPSA) is 120 Å². The van der Waals surface area contributed by atoms with E-state index in [1.54, 1.807) is 18.4 Å². The molecule has 0 bridgehead atoms. The van der Waals surface area contributed by atoms with E-state index >= 15 is 0 Å². The van der Waals surface area contributed by atoms with Gasteiger partial charge in [-0.3, -0.25) is 30.5 Å². The number of nitro benzene ring substituents is 2. The zero-order valence-corrected chi connectivity index (χ0v) is 14.3. The van der Waals surface area contributed by atoms with E-state index in [1.807, 2.05) is 30.3 Å². The summed E-state index contributed by atoms with van der Waals surface area (Å²) >= 11 is 0. The fourth-order valence-corrected chi connectivity index (χ4v) is 2.15. The number of non-ortho nitro benzene ring substituents is 1. The minimum Gasteiger partial charge on any atom is -0.280 e. The second-order valence-electron chi connectivity index (χ2n) is 5.11. The lowest BCUT2D eigenvalue weighted by Gasteiger charge is -2.02. The van der Waals surface area contributed by atoms with Crippen molar-refractivity contribution in [3.63, 3.8) is 0 Å². The number of rotatable bonds is 8. The van der Waals surface area contributed by atoms with Crippen LogP contribution in [0.4, 0.5) is 17.1 Å². The van der Waals surface area contributed by atoms with Crippen LogP contribution in [0.2, 0.25) is 0 Å². The fraction of sp³-hybridized carbons (Fsp3) is 0.0556. The van der Waals surface area contributed by atoms with Crippen LogP contribution >= 0.6 is 0 Å². The molecular formula is C18H16N4O5. The molecule has 0 aliphatic heterocycles. The molecule has 0 unspecified atom stereocenters. The number of nitro groups is 2. The summed E-state index contributed by atoms with van der Waals surface area (Å²) in [5.41, 5.74) is 3.47. The number of nitrogens with one attached hydrogen (secondary N) is 1. The second-order valence-corrected chi connectivity index (χ2v) is 5.11. The van der Waals surface area contributed by atoms with Gasteiger partial charge in [-0.2, -0.15) is 0 Å². The summed E-state index contributed by atoms with van der Waals surface area (Å²) in [6.45, 7) is 0. The maximum Gasteiger partial charge on any atom is 0.301 e. The molecule has 2 rings (SSSR count). The molecule has 2 aromatic carbocycles. The second kappa shape index (κ2) is 9.59. The standard InChI is InChI=1S/C18H16N4O5/c1-27-20-12-10-15(14-5-3-2-4-6-14)9-11-19-17-8-7-16(21(23)24)13-18(17)22(25)26/h2-13,20H,1H3/b12-10+,15-9-,19-11?. The predicted molar refractivity (Wildman–Crippen MR) is 102 cm³/mol. The Balaban J connectivity index is 2.36. The number of aliphatic imine (C=N–C) groups is 1. The molecule has 2 aromatic rings. The first-order valence-corrected chi connectivity index (χ1v) is 7.70. The molecule has 9 heteroatoms. The van der Waals surface area contributed by atoms with E-state index in [0.29, 0.717) is 0 Å². The molecule has 0 atom stereocenters. The molecule has 0 saturated carbocycles. The molecule has 0 radical (unpaired) electrons. The summed E-state index contributed by atoms with van der Waals surface area (Å²) in [6.07, 6.45) is 6.39. The first-order chi connectivity index (χ1) is 13.0. The van der Waals surface area contributed by atoms with Crippen molar-refractivity contribution in [3.05, 3.63) is 92.7 Å². The van der Waals surface area contributed by atoms with Gasteiger partial charge in [-0.05, 0) is 29.4 Å². The summed E-state index contributed by atoms with van der Waals surface area (Å²) in [4.78, 5) is 29.4. The molecule has 0 spiro atoms. The number of benzene rings is 2. The van der Waals surface area contributed by atoms with Gasteiger partial charge in [-0.15, -0.1) is 0 Å². The van der Waals surface area contributed by atoms with Crippen LogP contribution in [0.15, 0.2) is 71.9 Å². The van der Waals surface area contributed by atoms with Crippen molar-refractivity contribution in [3.8, 4) is 0 Å². The Morgan fingerprint density at radius 2 is 1.85 bits per heavy atom. The number of nitrogens with zero attached hydrogens (tertiary/aromatic N) is 3. The van der Waals surface area contributed by atoms with Crippen LogP contribution in [0.25, 0.3) is 5.57 Å². The van der Waals surface area contributed by atoms with Gasteiger partial charge in [-0.25, -0.2) is 4.99 Å². The first kappa shape index (κ1) is 19.5. The van der Waals surface area contributed by atoms with Gasteiger partial charge in [0.15, 0.2) is 0 Å². The molecule has 0 saturated heterocycles. The number of hydrogen-bond acceptors (Lipinski definition) is 7. The highest BCUT2D eigenvalue weighted by molar-refractivity contribution is 5.90. The van der Waals surface area contributed by atoms with E-state index < -0.39 is 15.5 Å². The molecular weight excluding hydrogens is 352 g/mol. The molecule has 9 nitrogen and oxygen atoms in total. The van der Waals surface area contributed by atoms with Crippen LogP contribution in [-0.4, -0.2) is 23.2 Å². The summed E-state index contributed by atoms with van der Waals surface area (Å²) in [5, 5.41) is 21.9. The average Bonchev–Trinajstić information content (AvgIpc) is 2.67. The third kappa shape index (κ3) is 5.58. The zero-order valence-electron chi connectivity index (χ0n) is 14.3. The lowest BCUT2D eigenvalue weighted by atomic mass is 10.1. The lowest BCUT2D eigenvalue weighted by Crippen LogP contribution is -2.00. The van der Waals surface area contributed by atoms with Crippen LogP contribution in [-0.2, 0) is 4.84 Å². The SMILES string of the molecule is CON/C=C/C(=C/C=Nc1ccc([N+](=O)[O-])cc1[N+](=O)[O-])c1ccccc1. The molecule has 1 N–H and O–H groups in total. The Bertz CT molecular complexity index is 907. The van der Waals surface area contributed by atoms with Crippen molar-refractivity contribution >= 4 is 28.8 Å². The Labute approximate surface area is 154 Å². The zero-order chi connectivity index (χ0) is 19.6. The largest absolute Gasteiger partial charge is 0.301 e. The summed E-state index contributed by atoms with van der Waals surface area (Å²) in [5.74, 6) is 0. The van der Waals surface area contributed by atoms with Gasteiger partial charge in [0, 0.05) is 18.5 Å². The van der Waals surface area contributed by atoms with Crippen molar-refractivity contribution in [1.82, 2.24) is 5.48 Å². The smallest absolute Gasteiger partial charge is 0.280 e. The van der Waals surface area contributed by atoms with Crippen LogP contribution < -0.4 is 5.48 Å². The number of hydrogen-bond donors (Lipinski definition) is 1. The van der Waals surface area contributed by atoms with Gasteiger partial charge in [0.1, 0.15) is 5.69 Å². The highest BCUT2D eigenvalue weighted by Crippen LogP contribution is 2.31. The van der Waals surface area contributed by atoms with Gasteiger partial charge in [0.25, 0.3) is 5.69 Å². The van der Waals surface area contributed by atoms with Crippen molar-refractivity contribution < 1.29 is 14.7 Å². The van der Waals surface area contributed by atoms with Crippen molar-refractivity contribution in [2.45, 2.75) is 0 Å². The van der Waals surface area contributed by atoms with Crippen molar-refractivity contribution in [1.29, 1.82) is 0 Å². The van der Waals surface area contributed by atoms with E-state index in [1.165, 1.54) is 25.5 Å². The van der Waals surface area contributed by atoms with E-state index in [4.69, 9.17) is 4.84 Å². The average molecular weight is 368 g/mol. The monoisotopic (exact) mass is 368 g/mol. The summed E-state index contributed by atoms with van der Waals surface area (Å²) in [7, 11) is 1.48. The molecule has 138 valence electrons. The molecule has 0 aliphatic rings. The number of allylic oxidation sites excluding steroid dienone is 3. The van der Waals surface area contributed by atoms with Crippen LogP contribution in [0.1, 0.15) is 5.56 Å². The van der Waals surface area contributed by atoms with Gasteiger partial charge in [0.05, 0.1) is 23.0 Å². The van der Waals surface area contributed by atoms with E-state index in [2.05, 4.69) is 10.5 Å². The molecule has 0 fully saturated rings. The third-order valence-electron chi connectivity index (χ3n) is 3.39. The van der Waals surface area contributed by atoms with Crippen molar-refractivity contribution in [2.75, 3.05) is 7.11 Å². The lowest BCUT2D eigenvalue weighted by molar-refractivity contribution is -0.393. The highest BCUT2D eigenvalue weighted by Gasteiger charge is 2.18. The summed E-state index contributed by atoms with van der Waals surface area (Å²) in [6, 6.07) is 12.7. The highest BCUT2D eigenvalue weighted by atomic mass is 16.6. The number of hydroxylamine groups is 1. The summed E-state index contributed by atoms with van der Waals surface area (Å²) < 4.78 is 0. The van der Waals surface area contributed by atoms with Gasteiger partial charge < -0.3 is 0 Å². The third-order valence-corrected chi connectivity index (χ3v) is 3.39. The molecule has 0 heterocycles. The molecule has 27 heavy (non-hydrogen) atoms. The minimum absolute atomic E-state index is 0.0215. The van der Waals surface area contributed by atoms with Crippen LogP contribution in [0.5, 0.6) is 0 Å². The van der Waals surface area contributed by atoms with Gasteiger partial charge in [0.2, 0.25) is 0 Å². The fourth-order valence-electron chi connectivity index (χ4n) is 2.15. The van der Waals surface area contributed by atoms with Crippen LogP contribution in [0, 0.1) is 20.2 Å². The van der Waals surface area contributed by atoms with Crippen molar-refractivity contribution in [2.24, 2.45) is 4.99 Å². The maximum atomic E-state index is 11.1. The van der Waals surface area contributed by atoms with E-state index in [9.17, 15) is 20.2 Å². The van der Waals surface area contributed by atoms with Gasteiger partial charge in [-0.1, -0.05) is 30.3 Å². The Hall–Kier alpha value is -3.85. The maximum absolute atomic E-state index is 11.1. The quantitative estimate of drug-likeness (QED) is 0.326. The van der Waals surface area contributed by atoms with E-state index in [-0.39, 0.29) is 11.4 Å². The molecule has 0 aromatic heterocycles. The Morgan fingerprint density at radius 3 is 2.48 bits per heavy atom. The Morgan fingerprint density at radius 1 is 1.11 bits per heavy atom. The van der Waals surface area contributed by atoms with Gasteiger partial charge >= 0.3 is 5.69 Å². The first-order valence-electron chi connectivity index (χ1n) is 7.70.